The molecule has 116 valence electrons. The molecule has 1 aromatic carbocycles. The van der Waals surface area contributed by atoms with E-state index < -0.39 is 14.9 Å². The first-order chi connectivity index (χ1) is 9.96. The Hall–Kier alpha value is -1.71. The molecule has 1 aromatic rings. The number of ether oxygens (including phenoxy) is 1. The molecule has 1 saturated heterocycles. The SMILES string of the molecule is COc1ccc(S(=O)(=O)N2CCCNCC2)cc1[N+](=O)[O-]. The highest BCUT2D eigenvalue weighted by molar-refractivity contribution is 7.89. The van der Waals surface area contributed by atoms with Crippen LogP contribution in [-0.2, 0) is 10.0 Å². The molecule has 8 nitrogen and oxygen atoms in total. The third kappa shape index (κ3) is 3.31. The molecule has 0 spiro atoms. The second-order valence-electron chi connectivity index (χ2n) is 4.60. The number of methoxy groups -OCH3 is 1. The van der Waals surface area contributed by atoms with Crippen molar-refractivity contribution in [2.24, 2.45) is 0 Å². The van der Waals surface area contributed by atoms with Gasteiger partial charge in [-0.2, -0.15) is 4.31 Å². The number of benzene rings is 1. The zero-order valence-corrected chi connectivity index (χ0v) is 12.4. The van der Waals surface area contributed by atoms with Gasteiger partial charge in [0.05, 0.1) is 16.9 Å². The van der Waals surface area contributed by atoms with Gasteiger partial charge in [-0.15, -0.1) is 0 Å². The van der Waals surface area contributed by atoms with Gasteiger partial charge in [0.25, 0.3) is 0 Å². The first kappa shape index (κ1) is 15.7. The van der Waals surface area contributed by atoms with Crippen molar-refractivity contribution in [1.82, 2.24) is 9.62 Å². The number of nitro benzene ring substituents is 1. The maximum atomic E-state index is 12.5. The summed E-state index contributed by atoms with van der Waals surface area (Å²) in [6.45, 7) is 2.07. The minimum absolute atomic E-state index is 0.0384. The number of nitrogens with zero attached hydrogens (tertiary/aromatic N) is 2. The van der Waals surface area contributed by atoms with E-state index in [4.69, 9.17) is 4.74 Å². The van der Waals surface area contributed by atoms with Crippen LogP contribution < -0.4 is 10.1 Å². The smallest absolute Gasteiger partial charge is 0.312 e. The molecule has 9 heteroatoms. The van der Waals surface area contributed by atoms with Gasteiger partial charge in [0.1, 0.15) is 0 Å². The third-order valence-corrected chi connectivity index (χ3v) is 5.18. The van der Waals surface area contributed by atoms with Crippen LogP contribution in [0.4, 0.5) is 5.69 Å². The normalized spacial score (nSPS) is 17.2. The molecule has 2 rings (SSSR count). The van der Waals surface area contributed by atoms with Crippen LogP contribution in [0.1, 0.15) is 6.42 Å². The summed E-state index contributed by atoms with van der Waals surface area (Å²) in [4.78, 5) is 10.3. The minimum Gasteiger partial charge on any atom is -0.490 e. The Morgan fingerprint density at radius 1 is 1.33 bits per heavy atom. The summed E-state index contributed by atoms with van der Waals surface area (Å²) in [6.07, 6.45) is 0.706. The lowest BCUT2D eigenvalue weighted by molar-refractivity contribution is -0.386. The molecule has 0 aromatic heterocycles. The van der Waals surface area contributed by atoms with E-state index in [1.54, 1.807) is 0 Å². The van der Waals surface area contributed by atoms with E-state index in [9.17, 15) is 18.5 Å². The van der Waals surface area contributed by atoms with Crippen molar-refractivity contribution in [3.63, 3.8) is 0 Å². The van der Waals surface area contributed by atoms with E-state index in [-0.39, 0.29) is 16.3 Å². The number of hydrogen-bond acceptors (Lipinski definition) is 6. The Morgan fingerprint density at radius 3 is 2.76 bits per heavy atom. The van der Waals surface area contributed by atoms with Crippen LogP contribution in [0.5, 0.6) is 5.75 Å². The number of rotatable bonds is 4. The molecular weight excluding hydrogens is 298 g/mol. The van der Waals surface area contributed by atoms with Crippen LogP contribution in [0.2, 0.25) is 0 Å². The van der Waals surface area contributed by atoms with E-state index >= 15 is 0 Å². The van der Waals surface area contributed by atoms with Crippen molar-refractivity contribution in [3.8, 4) is 5.75 Å². The van der Waals surface area contributed by atoms with E-state index in [2.05, 4.69) is 5.32 Å². The summed E-state index contributed by atoms with van der Waals surface area (Å²) in [6, 6.07) is 3.69. The van der Waals surface area contributed by atoms with Crippen molar-refractivity contribution in [3.05, 3.63) is 28.3 Å². The maximum Gasteiger partial charge on any atom is 0.312 e. The summed E-state index contributed by atoms with van der Waals surface area (Å²) >= 11 is 0. The largest absolute Gasteiger partial charge is 0.490 e. The zero-order valence-electron chi connectivity index (χ0n) is 11.6. The van der Waals surface area contributed by atoms with Gasteiger partial charge >= 0.3 is 5.69 Å². The lowest BCUT2D eigenvalue weighted by atomic mass is 10.3. The Kier molecular flexibility index (Phi) is 4.76. The van der Waals surface area contributed by atoms with Crippen molar-refractivity contribution in [1.29, 1.82) is 0 Å². The number of sulfonamides is 1. The third-order valence-electron chi connectivity index (χ3n) is 3.28. The second-order valence-corrected chi connectivity index (χ2v) is 6.54. The second kappa shape index (κ2) is 6.37. The molecule has 1 heterocycles. The Bertz CT molecular complexity index is 624. The fourth-order valence-corrected chi connectivity index (χ4v) is 3.68. The predicted molar refractivity (Wildman–Crippen MR) is 75.9 cm³/mol. The van der Waals surface area contributed by atoms with Crippen molar-refractivity contribution in [2.45, 2.75) is 11.3 Å². The molecule has 0 amide bonds. The molecule has 21 heavy (non-hydrogen) atoms. The Balaban J connectivity index is 2.39. The van der Waals surface area contributed by atoms with Crippen molar-refractivity contribution < 1.29 is 18.1 Å². The van der Waals surface area contributed by atoms with Gasteiger partial charge < -0.3 is 10.1 Å². The van der Waals surface area contributed by atoms with Gasteiger partial charge in [-0.25, -0.2) is 8.42 Å². The van der Waals surface area contributed by atoms with E-state index in [1.807, 2.05) is 0 Å². The molecule has 1 N–H and O–H groups in total. The van der Waals surface area contributed by atoms with Crippen LogP contribution in [-0.4, -0.2) is 50.9 Å². The average Bonchev–Trinajstić information content (AvgIpc) is 2.76. The topological polar surface area (TPSA) is 102 Å². The summed E-state index contributed by atoms with van der Waals surface area (Å²) < 4.78 is 31.3. The fourth-order valence-electron chi connectivity index (χ4n) is 2.18. The zero-order chi connectivity index (χ0) is 15.5. The van der Waals surface area contributed by atoms with Crippen LogP contribution >= 0.6 is 0 Å². The maximum absolute atomic E-state index is 12.5. The summed E-state index contributed by atoms with van der Waals surface area (Å²) in [7, 11) is -2.43. The summed E-state index contributed by atoms with van der Waals surface area (Å²) in [5.41, 5.74) is -0.355. The quantitative estimate of drug-likeness (QED) is 0.644. The summed E-state index contributed by atoms with van der Waals surface area (Å²) in [5, 5.41) is 14.1. The van der Waals surface area contributed by atoms with Gasteiger partial charge in [-0.1, -0.05) is 0 Å². The van der Waals surface area contributed by atoms with Crippen LogP contribution in [0.3, 0.4) is 0 Å². The number of nitro groups is 1. The average molecular weight is 315 g/mol. The highest BCUT2D eigenvalue weighted by Crippen LogP contribution is 2.30. The Morgan fingerprint density at radius 2 is 2.10 bits per heavy atom. The summed E-state index contributed by atoms with van der Waals surface area (Å²) in [5.74, 6) is 0.0384. The highest BCUT2D eigenvalue weighted by atomic mass is 32.2. The van der Waals surface area contributed by atoms with E-state index in [1.165, 1.54) is 23.5 Å². The van der Waals surface area contributed by atoms with Gasteiger partial charge in [0.15, 0.2) is 5.75 Å². The first-order valence-corrected chi connectivity index (χ1v) is 7.94. The predicted octanol–water partition coefficient (Wildman–Crippen LogP) is 0.587. The monoisotopic (exact) mass is 315 g/mol. The molecule has 0 radical (unpaired) electrons. The lowest BCUT2D eigenvalue weighted by Crippen LogP contribution is -2.34. The molecule has 0 aliphatic carbocycles. The van der Waals surface area contributed by atoms with Crippen molar-refractivity contribution in [2.75, 3.05) is 33.3 Å². The molecule has 1 aliphatic heterocycles. The molecular formula is C12H17N3O5S. The fraction of sp³-hybridized carbons (Fsp3) is 0.500. The molecule has 0 unspecified atom stereocenters. The molecule has 1 aliphatic rings. The Labute approximate surface area is 122 Å². The first-order valence-electron chi connectivity index (χ1n) is 6.50. The van der Waals surface area contributed by atoms with Crippen LogP contribution in [0.25, 0.3) is 0 Å². The van der Waals surface area contributed by atoms with Gasteiger partial charge in [0.2, 0.25) is 10.0 Å². The van der Waals surface area contributed by atoms with Gasteiger partial charge in [0, 0.05) is 25.7 Å². The highest BCUT2D eigenvalue weighted by Gasteiger charge is 2.28. The lowest BCUT2D eigenvalue weighted by Gasteiger charge is -2.19. The van der Waals surface area contributed by atoms with Crippen LogP contribution in [0.15, 0.2) is 23.1 Å². The van der Waals surface area contributed by atoms with Gasteiger partial charge in [-0.3, -0.25) is 10.1 Å². The molecule has 0 bridgehead atoms. The molecule has 0 atom stereocenters. The van der Waals surface area contributed by atoms with Gasteiger partial charge in [-0.05, 0) is 25.1 Å². The standard InChI is InChI=1S/C12H17N3O5S/c1-20-12-4-3-10(9-11(12)15(16)17)21(18,19)14-7-2-5-13-6-8-14/h3-4,9,13H,2,5-8H2,1H3. The minimum atomic E-state index is -3.73. The number of hydrogen-bond donors (Lipinski definition) is 1. The number of nitrogens with one attached hydrogen (secondary N) is 1. The van der Waals surface area contributed by atoms with E-state index in [0.717, 1.165) is 12.6 Å². The van der Waals surface area contributed by atoms with Crippen LogP contribution in [0, 0.1) is 10.1 Å². The molecule has 0 saturated carbocycles. The molecule has 1 fully saturated rings. The van der Waals surface area contributed by atoms with E-state index in [0.29, 0.717) is 26.1 Å². The van der Waals surface area contributed by atoms with Crippen molar-refractivity contribution >= 4 is 15.7 Å².